The Morgan fingerprint density at radius 2 is 0.707 bits per heavy atom. The predicted molar refractivity (Wildman–Crippen MR) is 168 cm³/mol. The summed E-state index contributed by atoms with van der Waals surface area (Å²) in [6.45, 7) is 15.1. The van der Waals surface area contributed by atoms with Crippen molar-refractivity contribution in [3.8, 4) is 34.5 Å². The standard InChI is InChI=1S/C35H56O6/c1-7-11-15-19-38-29-23-27(36)24-30(39-20-16-12-8-2)33(29)35(5,6)34-31(40-21-17-13-9-3)25-28(37)26-32(34)41-22-18-14-10-4/h23-26,36-37H,7-22H2,1-6H3. The van der Waals surface area contributed by atoms with Crippen LogP contribution < -0.4 is 18.9 Å². The zero-order valence-electron chi connectivity index (χ0n) is 26.7. The molecule has 2 aromatic carbocycles. The number of unbranched alkanes of at least 4 members (excludes halogenated alkanes) is 8. The van der Waals surface area contributed by atoms with Crippen LogP contribution in [0, 0.1) is 0 Å². The van der Waals surface area contributed by atoms with Crippen molar-refractivity contribution in [3.63, 3.8) is 0 Å². The van der Waals surface area contributed by atoms with Gasteiger partial charge in [0, 0.05) is 40.8 Å². The first-order valence-corrected chi connectivity index (χ1v) is 16.1. The van der Waals surface area contributed by atoms with Gasteiger partial charge in [0.05, 0.1) is 26.4 Å². The molecular weight excluding hydrogens is 516 g/mol. The fraction of sp³-hybridized carbons (Fsp3) is 0.657. The Hall–Kier alpha value is -2.76. The minimum atomic E-state index is -0.707. The minimum absolute atomic E-state index is 0.110. The Bertz CT molecular complexity index is 870. The SMILES string of the molecule is CCCCCOc1cc(O)cc(OCCCCC)c1C(C)(C)c1c(OCCCCC)cc(O)cc1OCCCCC. The van der Waals surface area contributed by atoms with Crippen molar-refractivity contribution in [2.75, 3.05) is 26.4 Å². The van der Waals surface area contributed by atoms with Crippen molar-refractivity contribution in [1.82, 2.24) is 0 Å². The summed E-state index contributed by atoms with van der Waals surface area (Å²) in [7, 11) is 0. The van der Waals surface area contributed by atoms with E-state index in [9.17, 15) is 10.2 Å². The van der Waals surface area contributed by atoms with E-state index in [1.165, 1.54) is 0 Å². The highest BCUT2D eigenvalue weighted by Gasteiger charge is 2.37. The number of benzene rings is 2. The molecule has 0 unspecified atom stereocenters. The van der Waals surface area contributed by atoms with E-state index in [1.54, 1.807) is 24.3 Å². The number of aromatic hydroxyl groups is 2. The summed E-state index contributed by atoms with van der Waals surface area (Å²) < 4.78 is 25.4. The second-order valence-corrected chi connectivity index (χ2v) is 11.5. The van der Waals surface area contributed by atoms with Gasteiger partial charge in [-0.2, -0.15) is 0 Å². The van der Waals surface area contributed by atoms with E-state index >= 15 is 0 Å². The molecule has 0 saturated heterocycles. The van der Waals surface area contributed by atoms with Crippen molar-refractivity contribution < 1.29 is 29.2 Å². The third-order valence-corrected chi connectivity index (χ3v) is 7.37. The lowest BCUT2D eigenvalue weighted by atomic mass is 9.76. The van der Waals surface area contributed by atoms with Crippen LogP contribution in [0.2, 0.25) is 0 Å². The molecule has 0 radical (unpaired) electrons. The largest absolute Gasteiger partial charge is 0.508 e. The van der Waals surface area contributed by atoms with Crippen LogP contribution in [0.25, 0.3) is 0 Å². The Labute approximate surface area is 249 Å². The van der Waals surface area contributed by atoms with Gasteiger partial charge in [-0.3, -0.25) is 0 Å². The topological polar surface area (TPSA) is 77.4 Å². The van der Waals surface area contributed by atoms with Crippen molar-refractivity contribution in [1.29, 1.82) is 0 Å². The Morgan fingerprint density at radius 1 is 0.463 bits per heavy atom. The average Bonchev–Trinajstić information content (AvgIpc) is 2.93. The Morgan fingerprint density at radius 3 is 0.927 bits per heavy atom. The first kappa shape index (κ1) is 34.4. The summed E-state index contributed by atoms with van der Waals surface area (Å²) in [6.07, 6.45) is 12.4. The van der Waals surface area contributed by atoms with Crippen LogP contribution in [0.5, 0.6) is 34.5 Å². The predicted octanol–water partition coefficient (Wildman–Crippen LogP) is 9.70. The van der Waals surface area contributed by atoms with E-state index in [0.29, 0.717) is 49.4 Å². The quantitative estimate of drug-likeness (QED) is 0.137. The number of phenols is 2. The van der Waals surface area contributed by atoms with Crippen LogP contribution in [0.4, 0.5) is 0 Å². The molecule has 2 N–H and O–H groups in total. The van der Waals surface area contributed by atoms with Crippen LogP contribution in [-0.2, 0) is 5.41 Å². The summed E-state index contributed by atoms with van der Waals surface area (Å²) >= 11 is 0. The maximum Gasteiger partial charge on any atom is 0.130 e. The molecule has 0 bridgehead atoms. The zero-order chi connectivity index (χ0) is 30.1. The molecule has 0 aromatic heterocycles. The number of rotatable bonds is 22. The third-order valence-electron chi connectivity index (χ3n) is 7.37. The summed E-state index contributed by atoms with van der Waals surface area (Å²) in [6, 6.07) is 6.75. The molecule has 6 nitrogen and oxygen atoms in total. The third kappa shape index (κ3) is 10.9. The fourth-order valence-corrected chi connectivity index (χ4v) is 5.10. The summed E-state index contributed by atoms with van der Waals surface area (Å²) in [4.78, 5) is 0. The van der Waals surface area contributed by atoms with E-state index in [4.69, 9.17) is 18.9 Å². The van der Waals surface area contributed by atoms with Crippen molar-refractivity contribution in [2.45, 2.75) is 124 Å². The lowest BCUT2D eigenvalue weighted by molar-refractivity contribution is 0.265. The van der Waals surface area contributed by atoms with Crippen molar-refractivity contribution in [3.05, 3.63) is 35.4 Å². The van der Waals surface area contributed by atoms with Gasteiger partial charge in [-0.25, -0.2) is 0 Å². The minimum Gasteiger partial charge on any atom is -0.508 e. The molecule has 0 atom stereocenters. The molecule has 2 rings (SSSR count). The van der Waals surface area contributed by atoms with E-state index in [-0.39, 0.29) is 11.5 Å². The number of hydrogen-bond acceptors (Lipinski definition) is 6. The summed E-state index contributed by atoms with van der Waals surface area (Å²) in [5, 5.41) is 21.4. The lowest BCUT2D eigenvalue weighted by Crippen LogP contribution is -2.24. The Kier molecular flexibility index (Phi) is 15.6. The molecule has 0 saturated carbocycles. The number of hydrogen-bond donors (Lipinski definition) is 2. The maximum atomic E-state index is 10.7. The second kappa shape index (κ2) is 18.6. The second-order valence-electron chi connectivity index (χ2n) is 11.5. The molecule has 232 valence electrons. The Balaban J connectivity index is 2.67. The molecule has 0 aliphatic heterocycles. The van der Waals surface area contributed by atoms with Crippen LogP contribution in [0.15, 0.2) is 24.3 Å². The van der Waals surface area contributed by atoms with Gasteiger partial charge in [0.25, 0.3) is 0 Å². The normalized spacial score (nSPS) is 11.5. The van der Waals surface area contributed by atoms with E-state index < -0.39 is 5.41 Å². The van der Waals surface area contributed by atoms with Crippen LogP contribution in [0.3, 0.4) is 0 Å². The van der Waals surface area contributed by atoms with Crippen molar-refractivity contribution in [2.24, 2.45) is 0 Å². The molecular formula is C35H56O6. The molecule has 0 aliphatic rings. The van der Waals surface area contributed by atoms with Crippen LogP contribution >= 0.6 is 0 Å². The molecule has 41 heavy (non-hydrogen) atoms. The van der Waals surface area contributed by atoms with Gasteiger partial charge in [-0.05, 0) is 25.7 Å². The molecule has 6 heteroatoms. The maximum absolute atomic E-state index is 10.7. The van der Waals surface area contributed by atoms with Gasteiger partial charge in [-0.15, -0.1) is 0 Å². The van der Waals surface area contributed by atoms with Gasteiger partial charge >= 0.3 is 0 Å². The highest BCUT2D eigenvalue weighted by atomic mass is 16.5. The van der Waals surface area contributed by atoms with Crippen molar-refractivity contribution >= 4 is 0 Å². The molecule has 2 aromatic rings. The van der Waals surface area contributed by atoms with Gasteiger partial charge in [-0.1, -0.05) is 92.9 Å². The van der Waals surface area contributed by atoms with E-state index in [0.717, 1.165) is 88.2 Å². The molecule has 0 fully saturated rings. The molecule has 0 amide bonds. The van der Waals surface area contributed by atoms with E-state index in [1.807, 2.05) is 0 Å². The van der Waals surface area contributed by atoms with Gasteiger partial charge in [0.2, 0.25) is 0 Å². The molecule has 0 heterocycles. The fourth-order valence-electron chi connectivity index (χ4n) is 5.10. The van der Waals surface area contributed by atoms with E-state index in [2.05, 4.69) is 41.5 Å². The van der Waals surface area contributed by atoms with Crippen LogP contribution in [-0.4, -0.2) is 36.6 Å². The molecule has 0 aliphatic carbocycles. The highest BCUT2D eigenvalue weighted by molar-refractivity contribution is 5.63. The first-order chi connectivity index (χ1) is 19.8. The van der Waals surface area contributed by atoms with Gasteiger partial charge in [0.1, 0.15) is 34.5 Å². The average molecular weight is 573 g/mol. The number of phenolic OH excluding ortho intramolecular Hbond substituents is 2. The highest BCUT2D eigenvalue weighted by Crippen LogP contribution is 2.51. The molecule has 0 spiro atoms. The zero-order valence-corrected chi connectivity index (χ0v) is 26.7. The smallest absolute Gasteiger partial charge is 0.130 e. The number of ether oxygens (including phenoxy) is 4. The van der Waals surface area contributed by atoms with Gasteiger partial charge in [0.15, 0.2) is 0 Å². The monoisotopic (exact) mass is 572 g/mol. The summed E-state index contributed by atoms with van der Waals surface area (Å²) in [5.74, 6) is 2.60. The summed E-state index contributed by atoms with van der Waals surface area (Å²) in [5.41, 5.74) is 0.971. The van der Waals surface area contributed by atoms with Crippen LogP contribution in [0.1, 0.15) is 130 Å². The lowest BCUT2D eigenvalue weighted by Gasteiger charge is -2.33. The first-order valence-electron chi connectivity index (χ1n) is 16.1. The van der Waals surface area contributed by atoms with Gasteiger partial charge < -0.3 is 29.2 Å².